The molecule has 104 valence electrons. The lowest BCUT2D eigenvalue weighted by molar-refractivity contribution is -0.121. The number of carbonyl (C=O) groups excluding carboxylic acids is 1. The second-order valence-electron chi connectivity index (χ2n) is 5.87. The van der Waals surface area contributed by atoms with Gasteiger partial charge in [-0.3, -0.25) is 4.79 Å². The van der Waals surface area contributed by atoms with Gasteiger partial charge in [-0.1, -0.05) is 0 Å². The molecule has 18 heavy (non-hydrogen) atoms. The number of Topliss-reactive ketones (excluding diaryl/α,β-unsaturated/α-hetero) is 1. The van der Waals surface area contributed by atoms with Crippen LogP contribution in [0.25, 0.3) is 0 Å². The van der Waals surface area contributed by atoms with Gasteiger partial charge in [0.15, 0.2) is 0 Å². The minimum atomic E-state index is -3.04. The SMILES string of the molecule is CS(=O)(=O)N1CCCC(CC2CCCC(=O)C2)C1. The molecule has 0 radical (unpaired) electrons. The molecule has 0 aromatic rings. The minimum absolute atomic E-state index is 0.391. The van der Waals surface area contributed by atoms with Crippen molar-refractivity contribution in [3.05, 3.63) is 0 Å². The highest BCUT2D eigenvalue weighted by Gasteiger charge is 2.29. The molecule has 4 nitrogen and oxygen atoms in total. The van der Waals surface area contributed by atoms with E-state index >= 15 is 0 Å². The van der Waals surface area contributed by atoms with Crippen molar-refractivity contribution < 1.29 is 13.2 Å². The van der Waals surface area contributed by atoms with Crippen LogP contribution in [-0.2, 0) is 14.8 Å². The molecular weight excluding hydrogens is 250 g/mol. The summed E-state index contributed by atoms with van der Waals surface area (Å²) in [4.78, 5) is 11.4. The summed E-state index contributed by atoms with van der Waals surface area (Å²) in [5, 5.41) is 0. The summed E-state index contributed by atoms with van der Waals surface area (Å²) in [7, 11) is -3.04. The lowest BCUT2D eigenvalue weighted by Crippen LogP contribution is -2.40. The number of nitrogens with zero attached hydrogens (tertiary/aromatic N) is 1. The summed E-state index contributed by atoms with van der Waals surface area (Å²) >= 11 is 0. The fraction of sp³-hybridized carbons (Fsp3) is 0.923. The molecule has 1 aliphatic heterocycles. The Morgan fingerprint density at radius 1 is 1.22 bits per heavy atom. The van der Waals surface area contributed by atoms with Gasteiger partial charge < -0.3 is 0 Å². The Bertz CT molecular complexity index is 404. The van der Waals surface area contributed by atoms with Crippen LogP contribution in [-0.4, -0.2) is 37.9 Å². The van der Waals surface area contributed by atoms with Gasteiger partial charge in [0.05, 0.1) is 6.26 Å². The number of hydrogen-bond acceptors (Lipinski definition) is 3. The molecule has 0 aromatic carbocycles. The molecule has 2 aliphatic rings. The first-order valence-electron chi connectivity index (χ1n) is 6.92. The number of ketones is 1. The molecule has 5 heteroatoms. The third-order valence-electron chi connectivity index (χ3n) is 4.20. The Balaban J connectivity index is 1.87. The molecule has 1 aliphatic carbocycles. The monoisotopic (exact) mass is 273 g/mol. The predicted molar refractivity (Wildman–Crippen MR) is 70.7 cm³/mol. The van der Waals surface area contributed by atoms with Crippen LogP contribution in [0.15, 0.2) is 0 Å². The molecule has 2 rings (SSSR count). The average Bonchev–Trinajstić information content (AvgIpc) is 2.28. The molecule has 0 aromatic heterocycles. The molecule has 0 amide bonds. The van der Waals surface area contributed by atoms with Gasteiger partial charge in [0.1, 0.15) is 5.78 Å². The van der Waals surface area contributed by atoms with Crippen molar-refractivity contribution in [1.29, 1.82) is 0 Å². The molecule has 2 atom stereocenters. The highest BCUT2D eigenvalue weighted by Crippen LogP contribution is 2.31. The van der Waals surface area contributed by atoms with Gasteiger partial charge >= 0.3 is 0 Å². The molecule has 1 heterocycles. The molecule has 2 unspecified atom stereocenters. The zero-order chi connectivity index (χ0) is 13.2. The van der Waals surface area contributed by atoms with E-state index in [1.807, 2.05) is 0 Å². The Labute approximate surface area is 110 Å². The molecular formula is C13H23NO3S. The standard InChI is InChI=1S/C13H23NO3S/c1-18(16,17)14-7-3-5-12(10-14)8-11-4-2-6-13(15)9-11/h11-12H,2-10H2,1H3. The third-order valence-corrected chi connectivity index (χ3v) is 5.47. The summed E-state index contributed by atoms with van der Waals surface area (Å²) in [5.74, 6) is 1.34. The first kappa shape index (κ1) is 14.0. The van der Waals surface area contributed by atoms with Gasteiger partial charge in [-0.25, -0.2) is 12.7 Å². The molecule has 2 fully saturated rings. The van der Waals surface area contributed by atoms with Crippen molar-refractivity contribution in [3.63, 3.8) is 0 Å². The Morgan fingerprint density at radius 2 is 1.94 bits per heavy atom. The van der Waals surface area contributed by atoms with Crippen LogP contribution in [0.3, 0.4) is 0 Å². The van der Waals surface area contributed by atoms with E-state index in [2.05, 4.69) is 0 Å². The van der Waals surface area contributed by atoms with Crippen LogP contribution >= 0.6 is 0 Å². The smallest absolute Gasteiger partial charge is 0.211 e. The summed E-state index contributed by atoms with van der Waals surface area (Å²) in [5.41, 5.74) is 0. The maximum atomic E-state index is 11.5. The quantitative estimate of drug-likeness (QED) is 0.788. The van der Waals surface area contributed by atoms with Gasteiger partial charge in [0, 0.05) is 25.9 Å². The van der Waals surface area contributed by atoms with Crippen molar-refractivity contribution in [2.24, 2.45) is 11.8 Å². The second-order valence-corrected chi connectivity index (χ2v) is 7.85. The zero-order valence-corrected chi connectivity index (χ0v) is 11.9. The number of hydrogen-bond donors (Lipinski definition) is 0. The largest absolute Gasteiger partial charge is 0.300 e. The molecule has 1 saturated carbocycles. The van der Waals surface area contributed by atoms with E-state index in [4.69, 9.17) is 0 Å². The van der Waals surface area contributed by atoms with Crippen molar-refractivity contribution in [3.8, 4) is 0 Å². The second kappa shape index (κ2) is 5.70. The van der Waals surface area contributed by atoms with Crippen molar-refractivity contribution in [2.75, 3.05) is 19.3 Å². The van der Waals surface area contributed by atoms with E-state index in [9.17, 15) is 13.2 Å². The van der Waals surface area contributed by atoms with Gasteiger partial charge in [0.2, 0.25) is 10.0 Å². The number of piperidine rings is 1. The Kier molecular flexibility index (Phi) is 4.43. The summed E-state index contributed by atoms with van der Waals surface area (Å²) in [6.45, 7) is 1.32. The van der Waals surface area contributed by atoms with E-state index in [1.54, 1.807) is 4.31 Å². The van der Waals surface area contributed by atoms with Crippen molar-refractivity contribution in [2.45, 2.75) is 44.9 Å². The lowest BCUT2D eigenvalue weighted by Gasteiger charge is -2.33. The van der Waals surface area contributed by atoms with E-state index < -0.39 is 10.0 Å². The maximum absolute atomic E-state index is 11.5. The van der Waals surface area contributed by atoms with Crippen molar-refractivity contribution >= 4 is 15.8 Å². The van der Waals surface area contributed by atoms with Gasteiger partial charge in [0.25, 0.3) is 0 Å². The highest BCUT2D eigenvalue weighted by atomic mass is 32.2. The lowest BCUT2D eigenvalue weighted by atomic mass is 9.80. The molecule has 1 saturated heterocycles. The van der Waals surface area contributed by atoms with E-state index in [0.29, 0.717) is 30.7 Å². The molecule has 0 spiro atoms. The summed E-state index contributed by atoms with van der Waals surface area (Å²) in [6.07, 6.45) is 8.01. The topological polar surface area (TPSA) is 54.5 Å². The number of rotatable bonds is 3. The Hall–Kier alpha value is -0.420. The average molecular weight is 273 g/mol. The Morgan fingerprint density at radius 3 is 2.61 bits per heavy atom. The fourth-order valence-corrected chi connectivity index (χ4v) is 4.25. The summed E-state index contributed by atoms with van der Waals surface area (Å²) in [6, 6.07) is 0. The van der Waals surface area contributed by atoms with Crippen LogP contribution in [0.4, 0.5) is 0 Å². The van der Waals surface area contributed by atoms with Crippen LogP contribution in [0, 0.1) is 11.8 Å². The number of carbonyl (C=O) groups is 1. The van der Waals surface area contributed by atoms with Gasteiger partial charge in [-0.2, -0.15) is 0 Å². The number of sulfonamides is 1. The van der Waals surface area contributed by atoms with Crippen LogP contribution < -0.4 is 0 Å². The van der Waals surface area contributed by atoms with Crippen LogP contribution in [0.2, 0.25) is 0 Å². The minimum Gasteiger partial charge on any atom is -0.300 e. The zero-order valence-electron chi connectivity index (χ0n) is 11.1. The maximum Gasteiger partial charge on any atom is 0.211 e. The van der Waals surface area contributed by atoms with Gasteiger partial charge in [-0.15, -0.1) is 0 Å². The van der Waals surface area contributed by atoms with Crippen LogP contribution in [0.5, 0.6) is 0 Å². The third kappa shape index (κ3) is 3.79. The fourth-order valence-electron chi connectivity index (χ4n) is 3.31. The predicted octanol–water partition coefficient (Wildman–Crippen LogP) is 1.81. The van der Waals surface area contributed by atoms with E-state index in [0.717, 1.165) is 44.9 Å². The van der Waals surface area contributed by atoms with Gasteiger partial charge in [-0.05, 0) is 43.9 Å². The van der Waals surface area contributed by atoms with Crippen molar-refractivity contribution in [1.82, 2.24) is 4.31 Å². The van der Waals surface area contributed by atoms with Crippen LogP contribution in [0.1, 0.15) is 44.9 Å². The normalized spacial score (nSPS) is 31.5. The van der Waals surface area contributed by atoms with E-state index in [-0.39, 0.29) is 0 Å². The first-order chi connectivity index (χ1) is 8.45. The summed E-state index contributed by atoms with van der Waals surface area (Å²) < 4.78 is 24.7. The highest BCUT2D eigenvalue weighted by molar-refractivity contribution is 7.88. The molecule has 0 bridgehead atoms. The first-order valence-corrected chi connectivity index (χ1v) is 8.77. The molecule has 0 N–H and O–H groups in total. The van der Waals surface area contributed by atoms with E-state index in [1.165, 1.54) is 6.26 Å².